The topological polar surface area (TPSA) is 66.4 Å². The van der Waals surface area contributed by atoms with Crippen LogP contribution in [0, 0.1) is 0 Å². The Labute approximate surface area is 97.1 Å². The van der Waals surface area contributed by atoms with Crippen molar-refractivity contribution in [3.05, 3.63) is 21.9 Å². The third kappa shape index (κ3) is 1.93. The number of aliphatic hydroxyl groups excluding tert-OH is 1. The smallest absolute Gasteiger partial charge is 0.382 e. The third-order valence-corrected chi connectivity index (χ3v) is 3.33. The molecule has 4 nitrogen and oxygen atoms in total. The molecule has 1 aliphatic rings. The summed E-state index contributed by atoms with van der Waals surface area (Å²) < 4.78 is 36.2. The number of thiophene rings is 1. The van der Waals surface area contributed by atoms with E-state index in [4.69, 9.17) is 0 Å². The minimum atomic E-state index is -5.04. The summed E-state index contributed by atoms with van der Waals surface area (Å²) in [5, 5.41) is 12.6. The van der Waals surface area contributed by atoms with Crippen LogP contribution in [0.25, 0.3) is 0 Å². The molecule has 0 fully saturated rings. The second-order valence-electron chi connectivity index (χ2n) is 3.46. The van der Waals surface area contributed by atoms with Gasteiger partial charge >= 0.3 is 12.1 Å². The number of halogens is 3. The van der Waals surface area contributed by atoms with E-state index >= 15 is 0 Å². The molecule has 0 spiro atoms. The van der Waals surface area contributed by atoms with Crippen LogP contribution in [0.5, 0.6) is 0 Å². The van der Waals surface area contributed by atoms with Crippen molar-refractivity contribution in [3.63, 3.8) is 0 Å². The highest BCUT2D eigenvalue weighted by Gasteiger charge is 2.46. The Morgan fingerprint density at radius 2 is 2.12 bits per heavy atom. The van der Waals surface area contributed by atoms with Gasteiger partial charge < -0.3 is 10.4 Å². The number of hydrogen-bond donors (Lipinski definition) is 2. The van der Waals surface area contributed by atoms with E-state index in [2.05, 4.69) is 0 Å². The highest BCUT2D eigenvalue weighted by molar-refractivity contribution is 7.12. The molecule has 0 bridgehead atoms. The van der Waals surface area contributed by atoms with Crippen molar-refractivity contribution in [2.45, 2.75) is 18.3 Å². The van der Waals surface area contributed by atoms with Crippen LogP contribution in [0.4, 0.5) is 13.2 Å². The van der Waals surface area contributed by atoms with Crippen molar-refractivity contribution in [1.29, 1.82) is 0 Å². The van der Waals surface area contributed by atoms with Gasteiger partial charge in [-0.1, -0.05) is 0 Å². The number of hydrogen-bond acceptors (Lipinski definition) is 4. The Morgan fingerprint density at radius 3 is 2.71 bits per heavy atom. The number of ketones is 1. The molecular weight excluding hydrogens is 259 g/mol. The maximum atomic E-state index is 12.1. The Hall–Kier alpha value is -1.41. The van der Waals surface area contributed by atoms with E-state index in [9.17, 15) is 27.9 Å². The summed E-state index contributed by atoms with van der Waals surface area (Å²) in [6, 6.07) is 0.0907. The zero-order chi connectivity index (χ0) is 12.8. The summed E-state index contributed by atoms with van der Waals surface area (Å²) in [6.45, 7) is 0. The number of carbonyl (C=O) groups excluding carboxylic acids is 2. The molecule has 2 rings (SSSR count). The van der Waals surface area contributed by atoms with Gasteiger partial charge in [0.05, 0.1) is 10.9 Å². The van der Waals surface area contributed by atoms with Gasteiger partial charge in [0, 0.05) is 0 Å². The van der Waals surface area contributed by atoms with Crippen molar-refractivity contribution in [1.82, 2.24) is 5.32 Å². The second-order valence-corrected chi connectivity index (χ2v) is 4.38. The van der Waals surface area contributed by atoms with E-state index in [-0.39, 0.29) is 10.4 Å². The van der Waals surface area contributed by atoms with Crippen molar-refractivity contribution in [3.8, 4) is 0 Å². The standard InChI is InChI=1S/C9H6F3NO3S/c10-9(11,12)8(16)13-4-3-1-2-17-7(3)6(15)5(4)14/h1-2,4-5,14H,(H,13,16)/t4-,5+/m1/s1. The van der Waals surface area contributed by atoms with E-state index in [0.717, 1.165) is 11.3 Å². The summed E-state index contributed by atoms with van der Waals surface area (Å²) in [6.07, 6.45) is -6.69. The average molecular weight is 265 g/mol. The SMILES string of the molecule is O=C1c2sccc2[C@@H](NC(=O)C(F)(F)F)[C@@H]1O. The molecule has 0 unspecified atom stereocenters. The zero-order valence-electron chi connectivity index (χ0n) is 8.12. The van der Waals surface area contributed by atoms with Crippen LogP contribution in [-0.2, 0) is 4.79 Å². The monoisotopic (exact) mass is 265 g/mol. The predicted octanol–water partition coefficient (Wildman–Crippen LogP) is 1.02. The maximum Gasteiger partial charge on any atom is 0.471 e. The van der Waals surface area contributed by atoms with Crippen LogP contribution in [0.1, 0.15) is 21.3 Å². The fourth-order valence-electron chi connectivity index (χ4n) is 1.60. The molecule has 1 aromatic rings. The van der Waals surface area contributed by atoms with E-state index < -0.39 is 30.0 Å². The number of carbonyl (C=O) groups is 2. The van der Waals surface area contributed by atoms with Gasteiger partial charge in [0.15, 0.2) is 0 Å². The molecule has 1 amide bonds. The molecule has 8 heteroatoms. The van der Waals surface area contributed by atoms with E-state index in [0.29, 0.717) is 0 Å². The van der Waals surface area contributed by atoms with Crippen LogP contribution in [0.3, 0.4) is 0 Å². The Morgan fingerprint density at radius 1 is 1.47 bits per heavy atom. The van der Waals surface area contributed by atoms with Crippen molar-refractivity contribution >= 4 is 23.0 Å². The molecule has 92 valence electrons. The first-order valence-corrected chi connectivity index (χ1v) is 5.37. The van der Waals surface area contributed by atoms with Crippen LogP contribution in [-0.4, -0.2) is 29.1 Å². The second kappa shape index (κ2) is 3.81. The summed E-state index contributed by atoms with van der Waals surface area (Å²) in [5.74, 6) is -2.84. The quantitative estimate of drug-likeness (QED) is 0.796. The summed E-state index contributed by atoms with van der Waals surface area (Å²) >= 11 is 1.02. The minimum absolute atomic E-state index is 0.185. The van der Waals surface area contributed by atoms with E-state index in [1.807, 2.05) is 0 Å². The highest BCUT2D eigenvalue weighted by Crippen LogP contribution is 2.35. The molecule has 0 aliphatic heterocycles. The van der Waals surface area contributed by atoms with Gasteiger partial charge in [-0.05, 0) is 17.0 Å². The van der Waals surface area contributed by atoms with Gasteiger partial charge in [-0.2, -0.15) is 13.2 Å². The lowest BCUT2D eigenvalue weighted by Crippen LogP contribution is -2.42. The molecule has 0 saturated carbocycles. The van der Waals surface area contributed by atoms with Gasteiger partial charge in [0.2, 0.25) is 5.78 Å². The lowest BCUT2D eigenvalue weighted by Gasteiger charge is -2.17. The van der Waals surface area contributed by atoms with Gasteiger partial charge in [-0.3, -0.25) is 9.59 Å². The summed E-state index contributed by atoms with van der Waals surface area (Å²) in [5.41, 5.74) is 0.227. The molecule has 0 radical (unpaired) electrons. The number of rotatable bonds is 1. The molecule has 1 aliphatic carbocycles. The van der Waals surface area contributed by atoms with E-state index in [1.54, 1.807) is 5.32 Å². The maximum absolute atomic E-state index is 12.1. The van der Waals surface area contributed by atoms with Crippen LogP contribution in [0.15, 0.2) is 11.4 Å². The Kier molecular flexibility index (Phi) is 2.70. The average Bonchev–Trinajstić information content (AvgIpc) is 2.76. The number of aliphatic hydroxyl groups is 1. The van der Waals surface area contributed by atoms with Crippen molar-refractivity contribution < 1.29 is 27.9 Å². The summed E-state index contributed by atoms with van der Waals surface area (Å²) in [4.78, 5) is 22.4. The van der Waals surface area contributed by atoms with Crippen molar-refractivity contribution in [2.75, 3.05) is 0 Å². The fraction of sp³-hybridized carbons (Fsp3) is 0.333. The number of Topliss-reactive ketones (excluding diaryl/α,β-unsaturated/α-hetero) is 1. The first-order valence-electron chi connectivity index (χ1n) is 4.49. The Bertz CT molecular complexity index is 482. The van der Waals surface area contributed by atoms with Crippen LogP contribution >= 0.6 is 11.3 Å². The lowest BCUT2D eigenvalue weighted by molar-refractivity contribution is -0.174. The molecule has 1 aromatic heterocycles. The molecule has 17 heavy (non-hydrogen) atoms. The third-order valence-electron chi connectivity index (χ3n) is 2.38. The molecule has 2 N–H and O–H groups in total. The van der Waals surface area contributed by atoms with Gasteiger partial charge in [-0.25, -0.2) is 0 Å². The number of fused-ring (bicyclic) bond motifs is 1. The molecule has 0 saturated heterocycles. The Balaban J connectivity index is 2.24. The van der Waals surface area contributed by atoms with E-state index in [1.165, 1.54) is 11.4 Å². The van der Waals surface area contributed by atoms with Gasteiger partial charge in [-0.15, -0.1) is 11.3 Å². The lowest BCUT2D eigenvalue weighted by atomic mass is 10.1. The van der Waals surface area contributed by atoms with Crippen LogP contribution in [0.2, 0.25) is 0 Å². The normalized spacial score (nSPS) is 23.6. The zero-order valence-corrected chi connectivity index (χ0v) is 8.93. The fourth-order valence-corrected chi connectivity index (χ4v) is 2.52. The van der Waals surface area contributed by atoms with Crippen LogP contribution < -0.4 is 5.32 Å². The molecular formula is C9H6F3NO3S. The van der Waals surface area contributed by atoms with Gasteiger partial charge in [0.1, 0.15) is 6.10 Å². The predicted molar refractivity (Wildman–Crippen MR) is 51.6 cm³/mol. The van der Waals surface area contributed by atoms with Gasteiger partial charge in [0.25, 0.3) is 0 Å². The highest BCUT2D eigenvalue weighted by atomic mass is 32.1. The first-order chi connectivity index (χ1) is 7.82. The number of alkyl halides is 3. The largest absolute Gasteiger partial charge is 0.471 e. The molecule has 1 heterocycles. The minimum Gasteiger partial charge on any atom is -0.382 e. The molecule has 2 atom stereocenters. The summed E-state index contributed by atoms with van der Waals surface area (Å²) in [7, 11) is 0. The van der Waals surface area contributed by atoms with Crippen molar-refractivity contribution in [2.24, 2.45) is 0 Å². The molecule has 0 aromatic carbocycles. The number of amides is 1. The first kappa shape index (κ1) is 12.1. The number of nitrogens with one attached hydrogen (secondary N) is 1.